The Morgan fingerprint density at radius 3 is 2.69 bits per heavy atom. The third kappa shape index (κ3) is 2.12. The highest BCUT2D eigenvalue weighted by Gasteiger charge is 2.08. The minimum absolute atomic E-state index is 0.189. The normalized spacial score (nSPS) is 9.69. The Kier molecular flexibility index (Phi) is 2.76. The second kappa shape index (κ2) is 3.81. The lowest BCUT2D eigenvalue weighted by Gasteiger charge is -2.09. The molecule has 1 N–H and O–H groups in total. The van der Waals surface area contributed by atoms with Crippen molar-refractivity contribution >= 4 is 0 Å². The molecule has 13 heavy (non-hydrogen) atoms. The second-order valence-electron chi connectivity index (χ2n) is 3.07. The van der Waals surface area contributed by atoms with Gasteiger partial charge in [0.25, 0.3) is 6.26 Å². The van der Waals surface area contributed by atoms with E-state index in [0.717, 1.165) is 5.56 Å². The average molecular weight is 177 g/mol. The highest BCUT2D eigenvalue weighted by molar-refractivity contribution is 5.41. The van der Waals surface area contributed by atoms with Crippen LogP contribution in [0.4, 0.5) is 0 Å². The Morgan fingerprint density at radius 2 is 2.15 bits per heavy atom. The quantitative estimate of drug-likeness (QED) is 0.705. The minimum atomic E-state index is 0.189. The zero-order valence-electron chi connectivity index (χ0n) is 7.61. The van der Waals surface area contributed by atoms with Crippen molar-refractivity contribution in [2.75, 3.05) is 0 Å². The van der Waals surface area contributed by atoms with Gasteiger partial charge in [-0.2, -0.15) is 0 Å². The maximum atomic E-state index is 9.22. The largest absolute Gasteiger partial charge is 0.508 e. The molecule has 0 aliphatic heterocycles. The van der Waals surface area contributed by atoms with Crippen molar-refractivity contribution in [2.45, 2.75) is 19.8 Å². The van der Waals surface area contributed by atoms with Crippen molar-refractivity contribution in [1.82, 2.24) is 0 Å². The van der Waals surface area contributed by atoms with Crippen LogP contribution in [-0.2, 0) is 0 Å². The molecule has 0 radical (unpaired) electrons. The third-order valence-electron chi connectivity index (χ3n) is 1.77. The highest BCUT2D eigenvalue weighted by Crippen LogP contribution is 2.29. The number of ether oxygens (including phenoxy) is 1. The van der Waals surface area contributed by atoms with Gasteiger partial charge in [-0.25, -0.2) is 0 Å². The maximum absolute atomic E-state index is 9.22. The monoisotopic (exact) mass is 177 g/mol. The van der Waals surface area contributed by atoms with Gasteiger partial charge in [-0.1, -0.05) is 13.8 Å². The number of nitrogens with zero attached hydrogens (tertiary/aromatic N) is 1. The van der Waals surface area contributed by atoms with E-state index in [-0.39, 0.29) is 11.7 Å². The predicted octanol–water partition coefficient (Wildman–Crippen LogP) is 2.38. The van der Waals surface area contributed by atoms with Gasteiger partial charge in [0.2, 0.25) is 0 Å². The molecule has 3 nitrogen and oxygen atoms in total. The molecule has 1 aromatic carbocycles. The number of benzene rings is 1. The van der Waals surface area contributed by atoms with E-state index < -0.39 is 0 Å². The van der Waals surface area contributed by atoms with Crippen molar-refractivity contribution in [3.8, 4) is 17.8 Å². The lowest BCUT2D eigenvalue weighted by atomic mass is 10.0. The molecule has 1 aromatic rings. The predicted molar refractivity (Wildman–Crippen MR) is 48.4 cm³/mol. The first kappa shape index (κ1) is 9.40. The molecule has 0 fully saturated rings. The first-order valence-corrected chi connectivity index (χ1v) is 4.04. The molecular formula is C10H11NO2. The van der Waals surface area contributed by atoms with Gasteiger partial charge < -0.3 is 9.84 Å². The van der Waals surface area contributed by atoms with Gasteiger partial charge >= 0.3 is 0 Å². The van der Waals surface area contributed by atoms with Gasteiger partial charge in [0.15, 0.2) is 0 Å². The van der Waals surface area contributed by atoms with E-state index in [1.165, 1.54) is 6.07 Å². The van der Waals surface area contributed by atoms with Crippen molar-refractivity contribution in [3.05, 3.63) is 23.8 Å². The fourth-order valence-corrected chi connectivity index (χ4v) is 1.13. The van der Waals surface area contributed by atoms with Crippen LogP contribution in [0.15, 0.2) is 18.2 Å². The molecule has 0 spiro atoms. The summed E-state index contributed by atoms with van der Waals surface area (Å²) >= 11 is 0. The van der Waals surface area contributed by atoms with E-state index in [9.17, 15) is 5.11 Å². The van der Waals surface area contributed by atoms with Gasteiger partial charge in [-0.3, -0.25) is 0 Å². The van der Waals surface area contributed by atoms with Crippen LogP contribution in [0.2, 0.25) is 0 Å². The summed E-state index contributed by atoms with van der Waals surface area (Å²) in [4.78, 5) is 0. The maximum Gasteiger partial charge on any atom is 0.292 e. The van der Waals surface area contributed by atoms with Crippen LogP contribution in [0.25, 0.3) is 0 Å². The summed E-state index contributed by atoms with van der Waals surface area (Å²) < 4.78 is 4.75. The third-order valence-corrected chi connectivity index (χ3v) is 1.77. The lowest BCUT2D eigenvalue weighted by Crippen LogP contribution is -1.93. The first-order chi connectivity index (χ1) is 6.15. The lowest BCUT2D eigenvalue weighted by molar-refractivity contribution is 0.465. The van der Waals surface area contributed by atoms with Crippen molar-refractivity contribution in [1.29, 1.82) is 5.26 Å². The number of phenolic OH excluding ortho intramolecular Hbond substituents is 1. The topological polar surface area (TPSA) is 53.2 Å². The van der Waals surface area contributed by atoms with E-state index in [0.29, 0.717) is 5.75 Å². The molecule has 1 rings (SSSR count). The Balaban J connectivity index is 3.12. The van der Waals surface area contributed by atoms with E-state index in [4.69, 9.17) is 10.00 Å². The molecule has 0 saturated heterocycles. The summed E-state index contributed by atoms with van der Waals surface area (Å²) in [7, 11) is 0. The summed E-state index contributed by atoms with van der Waals surface area (Å²) in [5, 5.41) is 17.6. The summed E-state index contributed by atoms with van der Waals surface area (Å²) in [5.74, 6) is 0.916. The molecule has 0 saturated carbocycles. The van der Waals surface area contributed by atoms with Crippen LogP contribution in [0.1, 0.15) is 25.3 Å². The van der Waals surface area contributed by atoms with Gasteiger partial charge in [0, 0.05) is 5.56 Å². The fraction of sp³-hybridized carbons (Fsp3) is 0.300. The molecular weight excluding hydrogens is 166 g/mol. The van der Waals surface area contributed by atoms with Gasteiger partial charge in [0.1, 0.15) is 11.5 Å². The number of aromatic hydroxyl groups is 1. The Bertz CT molecular complexity index is 339. The number of hydrogen-bond acceptors (Lipinski definition) is 3. The second-order valence-corrected chi connectivity index (χ2v) is 3.07. The molecule has 0 amide bonds. The van der Waals surface area contributed by atoms with Gasteiger partial charge in [-0.05, 0) is 24.1 Å². The van der Waals surface area contributed by atoms with Crippen molar-refractivity contribution in [3.63, 3.8) is 0 Å². The van der Waals surface area contributed by atoms with Gasteiger partial charge in [-0.15, -0.1) is 5.26 Å². The van der Waals surface area contributed by atoms with Crippen LogP contribution >= 0.6 is 0 Å². The zero-order valence-corrected chi connectivity index (χ0v) is 7.61. The fourth-order valence-electron chi connectivity index (χ4n) is 1.13. The molecule has 0 aliphatic rings. The van der Waals surface area contributed by atoms with Crippen molar-refractivity contribution in [2.24, 2.45) is 0 Å². The smallest absolute Gasteiger partial charge is 0.292 e. The average Bonchev–Trinajstić information content (AvgIpc) is 2.08. The molecule has 0 bridgehead atoms. The summed E-state index contributed by atoms with van der Waals surface area (Å²) in [6.07, 6.45) is 1.62. The Labute approximate surface area is 77.2 Å². The molecule has 0 atom stereocenters. The Hall–Kier alpha value is -1.69. The molecule has 0 unspecified atom stereocenters. The molecule has 0 aliphatic carbocycles. The van der Waals surface area contributed by atoms with Crippen molar-refractivity contribution < 1.29 is 9.84 Å². The highest BCUT2D eigenvalue weighted by atomic mass is 16.5. The zero-order chi connectivity index (χ0) is 9.84. The number of hydrogen-bond donors (Lipinski definition) is 1. The van der Waals surface area contributed by atoms with Crippen LogP contribution in [0, 0.1) is 11.5 Å². The van der Waals surface area contributed by atoms with E-state index in [1.54, 1.807) is 18.4 Å². The summed E-state index contributed by atoms with van der Waals surface area (Å²) in [6, 6.07) is 4.70. The molecule has 3 heteroatoms. The van der Waals surface area contributed by atoms with Crippen LogP contribution in [0.3, 0.4) is 0 Å². The number of rotatable bonds is 2. The summed E-state index contributed by atoms with van der Waals surface area (Å²) in [5.41, 5.74) is 0.835. The molecule has 0 aromatic heterocycles. The van der Waals surface area contributed by atoms with Crippen LogP contribution < -0.4 is 4.74 Å². The minimum Gasteiger partial charge on any atom is -0.508 e. The first-order valence-electron chi connectivity index (χ1n) is 4.04. The molecule has 68 valence electrons. The van der Waals surface area contributed by atoms with Gasteiger partial charge in [0.05, 0.1) is 0 Å². The number of nitriles is 1. The van der Waals surface area contributed by atoms with Crippen LogP contribution in [0.5, 0.6) is 11.5 Å². The Morgan fingerprint density at radius 1 is 1.46 bits per heavy atom. The standard InChI is InChI=1S/C10H11NO2/c1-7(2)9-5-8(12)3-4-10(9)13-6-11/h3-5,7,12H,1-2H3. The van der Waals surface area contributed by atoms with E-state index >= 15 is 0 Å². The SMILES string of the molecule is CC(C)c1cc(O)ccc1OC#N. The van der Waals surface area contributed by atoms with E-state index in [1.807, 2.05) is 13.8 Å². The van der Waals surface area contributed by atoms with Crippen LogP contribution in [-0.4, -0.2) is 5.11 Å². The van der Waals surface area contributed by atoms with E-state index in [2.05, 4.69) is 0 Å². The number of phenols is 1. The molecule has 0 heterocycles. The summed E-state index contributed by atoms with van der Waals surface area (Å²) in [6.45, 7) is 3.94.